The summed E-state index contributed by atoms with van der Waals surface area (Å²) < 4.78 is 38.8. The zero-order valence-electron chi connectivity index (χ0n) is 14.0. The highest BCUT2D eigenvalue weighted by Gasteiger charge is 2.42. The number of hydrogen-bond acceptors (Lipinski definition) is 4. The van der Waals surface area contributed by atoms with Gasteiger partial charge in [-0.1, -0.05) is 29.8 Å². The predicted octanol–water partition coefficient (Wildman–Crippen LogP) is 3.46. The minimum absolute atomic E-state index is 0.112. The Balaban J connectivity index is 1.66. The molecule has 1 saturated carbocycles. The number of H-pyrrole nitrogens is 2. The number of benzene rings is 1. The highest BCUT2D eigenvalue weighted by Crippen LogP contribution is 2.56. The van der Waals surface area contributed by atoms with E-state index >= 15 is 0 Å². The number of aromatic amines is 2. The fraction of sp³-hybridized carbons (Fsp3) is 0.222. The van der Waals surface area contributed by atoms with E-state index in [0.717, 1.165) is 12.1 Å². The summed E-state index contributed by atoms with van der Waals surface area (Å²) in [6.45, 7) is 0. The molecule has 0 spiro atoms. The van der Waals surface area contributed by atoms with Gasteiger partial charge in [-0.2, -0.15) is 13.2 Å². The molecule has 4 rings (SSSR count). The molecule has 10 heteroatoms. The van der Waals surface area contributed by atoms with Crippen LogP contribution in [0.4, 0.5) is 13.2 Å². The molecule has 144 valence electrons. The van der Waals surface area contributed by atoms with E-state index in [4.69, 9.17) is 11.6 Å². The molecule has 2 heterocycles. The number of nitrogens with one attached hydrogen (secondary N) is 2. The molecule has 0 unspecified atom stereocenters. The van der Waals surface area contributed by atoms with Crippen LogP contribution in [-0.2, 0) is 6.18 Å². The van der Waals surface area contributed by atoms with E-state index in [1.807, 2.05) is 0 Å². The number of rotatable bonds is 3. The van der Waals surface area contributed by atoms with Gasteiger partial charge in [0, 0.05) is 6.20 Å². The van der Waals surface area contributed by atoms with E-state index in [9.17, 15) is 22.8 Å². The smallest absolute Gasteiger partial charge is 0.313 e. The first-order chi connectivity index (χ1) is 13.2. The number of aromatic nitrogens is 4. The van der Waals surface area contributed by atoms with Gasteiger partial charge in [-0.05, 0) is 41.5 Å². The van der Waals surface area contributed by atoms with Gasteiger partial charge < -0.3 is 4.98 Å². The van der Waals surface area contributed by atoms with Gasteiger partial charge in [0.25, 0.3) is 5.56 Å². The van der Waals surface area contributed by atoms with Gasteiger partial charge in [-0.25, -0.2) is 4.79 Å². The Labute approximate surface area is 160 Å². The van der Waals surface area contributed by atoms with E-state index < -0.39 is 23.0 Å². The number of halogens is 4. The lowest BCUT2D eigenvalue weighted by Crippen LogP contribution is -2.23. The highest BCUT2D eigenvalue weighted by molar-refractivity contribution is 6.30. The lowest BCUT2D eigenvalue weighted by atomic mass is 10.0. The molecule has 6 nitrogen and oxygen atoms in total. The summed E-state index contributed by atoms with van der Waals surface area (Å²) in [6.07, 6.45) is -2.58. The van der Waals surface area contributed by atoms with Gasteiger partial charge in [-0.3, -0.25) is 9.78 Å². The Kier molecular flexibility index (Phi) is 4.34. The van der Waals surface area contributed by atoms with Crippen molar-refractivity contribution in [1.82, 2.24) is 20.2 Å². The van der Waals surface area contributed by atoms with Gasteiger partial charge in [0.05, 0.1) is 11.1 Å². The molecule has 2 aromatic heterocycles. The zero-order valence-corrected chi connectivity index (χ0v) is 14.8. The van der Waals surface area contributed by atoms with Crippen LogP contribution in [0.1, 0.15) is 34.9 Å². The molecular weight excluding hydrogens is 397 g/mol. The molecule has 2 N–H and O–H groups in total. The van der Waals surface area contributed by atoms with Gasteiger partial charge >= 0.3 is 11.9 Å². The Morgan fingerprint density at radius 2 is 1.89 bits per heavy atom. The second-order valence-electron chi connectivity index (χ2n) is 6.53. The van der Waals surface area contributed by atoms with E-state index in [0.29, 0.717) is 17.5 Å². The minimum atomic E-state index is -4.41. The second kappa shape index (κ2) is 6.59. The lowest BCUT2D eigenvalue weighted by Gasteiger charge is -2.09. The first-order valence-corrected chi connectivity index (χ1v) is 8.64. The quantitative estimate of drug-likeness (QED) is 0.694. The average Bonchev–Trinajstić information content (AvgIpc) is 3.42. The van der Waals surface area contributed by atoms with Crippen molar-refractivity contribution in [3.05, 3.63) is 79.2 Å². The summed E-state index contributed by atoms with van der Waals surface area (Å²) in [5.74, 6) is -0.266. The summed E-state index contributed by atoms with van der Waals surface area (Å²) in [6, 6.07) is 6.78. The number of alkyl halides is 3. The van der Waals surface area contributed by atoms with Crippen molar-refractivity contribution in [2.75, 3.05) is 0 Å². The fourth-order valence-corrected chi connectivity index (χ4v) is 3.47. The highest BCUT2D eigenvalue weighted by atomic mass is 35.5. The third-order valence-electron chi connectivity index (χ3n) is 4.70. The molecule has 2 atom stereocenters. The Bertz CT molecular complexity index is 1170. The molecule has 1 aromatic carbocycles. The molecule has 1 fully saturated rings. The van der Waals surface area contributed by atoms with E-state index in [1.54, 1.807) is 12.1 Å². The standard InChI is InChI=1S/C18H12ClF3N4O2/c19-15-12(6-14(25-26-15)13-7-23-17(28)24-16(13)27)11-5-10(11)8-2-1-3-9(4-8)18(20,21)22/h1-4,6-7,10-11H,5H2,(H2,23,24,27,28)/t10-,11+/m1/s1. The van der Waals surface area contributed by atoms with Crippen molar-refractivity contribution in [1.29, 1.82) is 0 Å². The number of hydrogen-bond donors (Lipinski definition) is 2. The van der Waals surface area contributed by atoms with Crippen molar-refractivity contribution in [3.63, 3.8) is 0 Å². The molecule has 0 amide bonds. The maximum Gasteiger partial charge on any atom is 0.416 e. The first-order valence-electron chi connectivity index (χ1n) is 8.26. The van der Waals surface area contributed by atoms with Crippen LogP contribution in [0.5, 0.6) is 0 Å². The van der Waals surface area contributed by atoms with E-state index in [1.165, 1.54) is 12.3 Å². The molecule has 1 aliphatic carbocycles. The summed E-state index contributed by atoms with van der Waals surface area (Å²) in [5, 5.41) is 7.87. The Hall–Kier alpha value is -2.94. The van der Waals surface area contributed by atoms with E-state index in [2.05, 4.69) is 20.2 Å². The van der Waals surface area contributed by atoms with Crippen LogP contribution in [0.2, 0.25) is 5.15 Å². The first kappa shape index (κ1) is 18.4. The molecule has 28 heavy (non-hydrogen) atoms. The molecule has 0 radical (unpaired) electrons. The molecule has 0 aliphatic heterocycles. The Morgan fingerprint density at radius 1 is 1.11 bits per heavy atom. The van der Waals surface area contributed by atoms with Crippen LogP contribution in [0.25, 0.3) is 11.3 Å². The fourth-order valence-electron chi connectivity index (χ4n) is 3.24. The molecule has 1 aliphatic rings. The van der Waals surface area contributed by atoms with Crippen molar-refractivity contribution in [2.24, 2.45) is 0 Å². The summed E-state index contributed by atoms with van der Waals surface area (Å²) in [7, 11) is 0. The Morgan fingerprint density at radius 3 is 2.61 bits per heavy atom. The minimum Gasteiger partial charge on any atom is -0.313 e. The van der Waals surface area contributed by atoms with Crippen molar-refractivity contribution < 1.29 is 13.2 Å². The van der Waals surface area contributed by atoms with Crippen LogP contribution < -0.4 is 11.2 Å². The molecular formula is C18H12ClF3N4O2. The third-order valence-corrected chi connectivity index (χ3v) is 5.00. The lowest BCUT2D eigenvalue weighted by molar-refractivity contribution is -0.137. The maximum atomic E-state index is 12.9. The normalized spacial score (nSPS) is 18.9. The van der Waals surface area contributed by atoms with Gasteiger partial charge in [0.15, 0.2) is 5.15 Å². The van der Waals surface area contributed by atoms with Gasteiger partial charge in [-0.15, -0.1) is 10.2 Å². The third kappa shape index (κ3) is 3.45. The summed E-state index contributed by atoms with van der Waals surface area (Å²) >= 11 is 6.14. The number of nitrogens with zero attached hydrogens (tertiary/aromatic N) is 2. The molecule has 3 aromatic rings. The van der Waals surface area contributed by atoms with Crippen molar-refractivity contribution in [3.8, 4) is 11.3 Å². The summed E-state index contributed by atoms with van der Waals surface area (Å²) in [4.78, 5) is 27.6. The van der Waals surface area contributed by atoms with Crippen LogP contribution in [0.15, 0.2) is 46.1 Å². The second-order valence-corrected chi connectivity index (χ2v) is 6.89. The van der Waals surface area contributed by atoms with Crippen LogP contribution >= 0.6 is 11.6 Å². The van der Waals surface area contributed by atoms with Crippen molar-refractivity contribution >= 4 is 11.6 Å². The molecule has 0 bridgehead atoms. The zero-order chi connectivity index (χ0) is 20.1. The van der Waals surface area contributed by atoms with E-state index in [-0.39, 0.29) is 28.2 Å². The summed E-state index contributed by atoms with van der Waals surface area (Å²) in [5.41, 5.74) is -0.488. The van der Waals surface area contributed by atoms with Crippen LogP contribution in [0, 0.1) is 0 Å². The topological polar surface area (TPSA) is 91.5 Å². The maximum absolute atomic E-state index is 12.9. The molecule has 0 saturated heterocycles. The van der Waals surface area contributed by atoms with Crippen LogP contribution in [0.3, 0.4) is 0 Å². The SMILES string of the molecule is O=c1[nH]cc(-c2cc([C@H]3C[C@@H]3c3cccc(C(F)(F)F)c3)c(Cl)nn2)c(=O)[nH]1. The van der Waals surface area contributed by atoms with Crippen LogP contribution in [-0.4, -0.2) is 20.2 Å². The predicted molar refractivity (Wildman–Crippen MR) is 95.3 cm³/mol. The monoisotopic (exact) mass is 408 g/mol. The van der Waals surface area contributed by atoms with Crippen molar-refractivity contribution in [2.45, 2.75) is 24.4 Å². The average molecular weight is 409 g/mol. The largest absolute Gasteiger partial charge is 0.416 e. The van der Waals surface area contributed by atoms with Gasteiger partial charge in [0.2, 0.25) is 0 Å². The van der Waals surface area contributed by atoms with Gasteiger partial charge in [0.1, 0.15) is 5.69 Å².